The van der Waals surface area contributed by atoms with Gasteiger partial charge in [-0.2, -0.15) is 4.39 Å². The van der Waals surface area contributed by atoms with E-state index in [1.807, 2.05) is 6.92 Å². The summed E-state index contributed by atoms with van der Waals surface area (Å²) >= 11 is 0. The molecule has 1 aromatic rings. The minimum absolute atomic E-state index is 0.154. The number of rotatable bonds is 3. The first-order valence-electron chi connectivity index (χ1n) is 4.60. The molecule has 0 saturated heterocycles. The predicted octanol–water partition coefficient (Wildman–Crippen LogP) is 2.26. The zero-order valence-electron chi connectivity index (χ0n) is 8.66. The summed E-state index contributed by atoms with van der Waals surface area (Å²) < 4.78 is 17.6. The molecule has 0 aliphatic carbocycles. The number of hydrogen-bond acceptors (Lipinski definition) is 3. The normalized spacial score (nSPS) is 11.3. The van der Waals surface area contributed by atoms with Gasteiger partial charge in [-0.15, -0.1) is 0 Å². The molecular weight excluding hydrogens is 197 g/mol. The molecule has 0 aromatic carbocycles. The Balaban J connectivity index is 2.78. The molecule has 1 heterocycles. The Bertz CT molecular complexity index is 371. The van der Waals surface area contributed by atoms with Gasteiger partial charge in [-0.3, -0.25) is 4.98 Å². The molecule has 0 fully saturated rings. The molecule has 0 unspecified atom stereocenters. The molecule has 0 amide bonds. The lowest BCUT2D eigenvalue weighted by atomic mass is 10.2. The van der Waals surface area contributed by atoms with Gasteiger partial charge in [0.25, 0.3) is 0 Å². The van der Waals surface area contributed by atoms with Crippen LogP contribution < -0.4 is 0 Å². The van der Waals surface area contributed by atoms with E-state index in [4.69, 9.17) is 0 Å². The number of ether oxygens (including phenoxy) is 1. The Labute approximate surface area is 87.6 Å². The summed E-state index contributed by atoms with van der Waals surface area (Å²) in [6.45, 7) is 3.65. The molecule has 0 saturated carbocycles. The fraction of sp³-hybridized carbons (Fsp3) is 0.273. The average molecular weight is 209 g/mol. The zero-order valence-corrected chi connectivity index (χ0v) is 8.66. The maximum absolute atomic E-state index is 13.1. The van der Waals surface area contributed by atoms with E-state index in [1.54, 1.807) is 25.3 Å². The lowest BCUT2D eigenvalue weighted by Crippen LogP contribution is -2.04. The maximum Gasteiger partial charge on any atom is 0.367 e. The highest BCUT2D eigenvalue weighted by molar-refractivity contribution is 5.90. The first-order valence-corrected chi connectivity index (χ1v) is 4.60. The summed E-state index contributed by atoms with van der Waals surface area (Å²) in [5, 5.41) is 0. The largest absolute Gasteiger partial charge is 0.461 e. The third kappa shape index (κ3) is 3.50. The molecule has 0 atom stereocenters. The molecule has 0 bridgehead atoms. The van der Waals surface area contributed by atoms with Crippen molar-refractivity contribution in [3.63, 3.8) is 0 Å². The Morgan fingerprint density at radius 2 is 2.33 bits per heavy atom. The van der Waals surface area contributed by atoms with E-state index < -0.39 is 11.8 Å². The second-order valence-electron chi connectivity index (χ2n) is 2.97. The Hall–Kier alpha value is -1.71. The van der Waals surface area contributed by atoms with Crippen LogP contribution in [-0.2, 0) is 9.53 Å². The highest BCUT2D eigenvalue weighted by Crippen LogP contribution is 2.07. The van der Waals surface area contributed by atoms with Crippen molar-refractivity contribution in [3.8, 4) is 0 Å². The summed E-state index contributed by atoms with van der Waals surface area (Å²) in [5.41, 5.74) is 1.37. The monoisotopic (exact) mass is 209 g/mol. The van der Waals surface area contributed by atoms with Crippen LogP contribution in [0, 0.1) is 6.92 Å². The first-order chi connectivity index (χ1) is 7.13. The number of hydrogen-bond donors (Lipinski definition) is 0. The van der Waals surface area contributed by atoms with Crippen molar-refractivity contribution < 1.29 is 13.9 Å². The van der Waals surface area contributed by atoms with E-state index in [1.165, 1.54) is 0 Å². The van der Waals surface area contributed by atoms with E-state index in [0.29, 0.717) is 5.69 Å². The molecule has 3 nitrogen and oxygen atoms in total. The zero-order chi connectivity index (χ0) is 11.3. The Morgan fingerprint density at radius 3 is 2.87 bits per heavy atom. The molecule has 0 aliphatic rings. The summed E-state index contributed by atoms with van der Waals surface area (Å²) in [5.74, 6) is -1.90. The van der Waals surface area contributed by atoms with E-state index >= 15 is 0 Å². The molecule has 0 spiro atoms. The van der Waals surface area contributed by atoms with Gasteiger partial charge in [0, 0.05) is 12.3 Å². The van der Waals surface area contributed by atoms with Crippen molar-refractivity contribution in [3.05, 3.63) is 35.4 Å². The van der Waals surface area contributed by atoms with Gasteiger partial charge in [-0.1, -0.05) is 6.07 Å². The Morgan fingerprint density at radius 1 is 1.60 bits per heavy atom. The summed E-state index contributed by atoms with van der Waals surface area (Å²) in [6, 6.07) is 3.42. The van der Waals surface area contributed by atoms with E-state index in [2.05, 4.69) is 9.72 Å². The van der Waals surface area contributed by atoms with Gasteiger partial charge in [-0.05, 0) is 25.5 Å². The van der Waals surface area contributed by atoms with Crippen LogP contribution in [0.4, 0.5) is 4.39 Å². The van der Waals surface area contributed by atoms with Crippen molar-refractivity contribution in [2.24, 2.45) is 0 Å². The molecule has 0 N–H and O–H groups in total. The smallest absolute Gasteiger partial charge is 0.367 e. The van der Waals surface area contributed by atoms with Crippen molar-refractivity contribution in [2.45, 2.75) is 13.8 Å². The topological polar surface area (TPSA) is 39.2 Å². The lowest BCUT2D eigenvalue weighted by Gasteiger charge is -1.98. The standard InChI is InChI=1S/C11H12FNO2/c1-3-15-11(14)10(12)6-9-5-4-8(2)7-13-9/h4-7H,3H2,1-2H3/b10-6-. The van der Waals surface area contributed by atoms with Gasteiger partial charge in [0.05, 0.1) is 12.3 Å². The van der Waals surface area contributed by atoms with Gasteiger partial charge < -0.3 is 4.74 Å². The van der Waals surface area contributed by atoms with Crippen molar-refractivity contribution in [1.29, 1.82) is 0 Å². The third-order valence-corrected chi connectivity index (χ3v) is 1.68. The number of halogens is 1. The number of nitrogens with zero attached hydrogens (tertiary/aromatic N) is 1. The van der Waals surface area contributed by atoms with Crippen molar-refractivity contribution in [1.82, 2.24) is 4.98 Å². The van der Waals surface area contributed by atoms with Crippen molar-refractivity contribution in [2.75, 3.05) is 6.61 Å². The highest BCUT2D eigenvalue weighted by Gasteiger charge is 2.09. The number of aromatic nitrogens is 1. The number of carbonyl (C=O) groups is 1. The molecule has 80 valence electrons. The Kier molecular flexibility index (Phi) is 3.97. The van der Waals surface area contributed by atoms with Crippen LogP contribution in [0.25, 0.3) is 6.08 Å². The van der Waals surface area contributed by atoms with Gasteiger partial charge in [0.1, 0.15) is 0 Å². The molecule has 15 heavy (non-hydrogen) atoms. The minimum Gasteiger partial charge on any atom is -0.461 e. The molecule has 4 heteroatoms. The lowest BCUT2D eigenvalue weighted by molar-refractivity contribution is -0.140. The van der Waals surface area contributed by atoms with Crippen LogP contribution in [0.15, 0.2) is 24.2 Å². The highest BCUT2D eigenvalue weighted by atomic mass is 19.1. The fourth-order valence-electron chi connectivity index (χ4n) is 0.953. The SMILES string of the molecule is CCOC(=O)/C(F)=C/c1ccc(C)cn1. The van der Waals surface area contributed by atoms with Crippen LogP contribution >= 0.6 is 0 Å². The van der Waals surface area contributed by atoms with Gasteiger partial charge >= 0.3 is 5.97 Å². The van der Waals surface area contributed by atoms with Crippen LogP contribution in [-0.4, -0.2) is 17.6 Å². The second kappa shape index (κ2) is 5.24. The number of carbonyl (C=O) groups excluding carboxylic acids is 1. The predicted molar refractivity (Wildman–Crippen MR) is 54.7 cm³/mol. The fourth-order valence-corrected chi connectivity index (χ4v) is 0.953. The number of esters is 1. The molecule has 0 radical (unpaired) electrons. The van der Waals surface area contributed by atoms with Crippen LogP contribution in [0.5, 0.6) is 0 Å². The maximum atomic E-state index is 13.1. The summed E-state index contributed by atoms with van der Waals surface area (Å²) in [4.78, 5) is 14.9. The van der Waals surface area contributed by atoms with Crippen LogP contribution in [0.1, 0.15) is 18.2 Å². The molecule has 1 rings (SSSR count). The first kappa shape index (κ1) is 11.4. The van der Waals surface area contributed by atoms with Gasteiger partial charge in [0.15, 0.2) is 0 Å². The molecule has 1 aromatic heterocycles. The van der Waals surface area contributed by atoms with Crippen LogP contribution in [0.2, 0.25) is 0 Å². The number of aryl methyl sites for hydroxylation is 1. The summed E-state index contributed by atoms with van der Waals surface area (Å²) in [6.07, 6.45) is 2.65. The van der Waals surface area contributed by atoms with E-state index in [0.717, 1.165) is 11.6 Å². The van der Waals surface area contributed by atoms with Gasteiger partial charge in [0.2, 0.25) is 5.83 Å². The van der Waals surface area contributed by atoms with Crippen molar-refractivity contribution >= 4 is 12.0 Å². The molecular formula is C11H12FNO2. The van der Waals surface area contributed by atoms with E-state index in [9.17, 15) is 9.18 Å². The third-order valence-electron chi connectivity index (χ3n) is 1.68. The second-order valence-corrected chi connectivity index (χ2v) is 2.97. The number of pyridine rings is 1. The van der Waals surface area contributed by atoms with E-state index in [-0.39, 0.29) is 6.61 Å². The molecule has 0 aliphatic heterocycles. The minimum atomic E-state index is -0.958. The average Bonchev–Trinajstić information content (AvgIpc) is 2.22. The van der Waals surface area contributed by atoms with Gasteiger partial charge in [-0.25, -0.2) is 4.79 Å². The quantitative estimate of drug-likeness (QED) is 0.566. The summed E-state index contributed by atoms with van der Waals surface area (Å²) in [7, 11) is 0. The van der Waals surface area contributed by atoms with Crippen LogP contribution in [0.3, 0.4) is 0 Å².